The second kappa shape index (κ2) is 5.07. The molecule has 2 rings (SSSR count). The van der Waals surface area contributed by atoms with Crippen LogP contribution in [0.5, 0.6) is 0 Å². The summed E-state index contributed by atoms with van der Waals surface area (Å²) in [6.07, 6.45) is 0. The van der Waals surface area contributed by atoms with E-state index in [-0.39, 0.29) is 17.8 Å². The summed E-state index contributed by atoms with van der Waals surface area (Å²) in [4.78, 5) is 13.9. The average molecular weight is 254 g/mol. The number of methoxy groups -OCH3 is 1. The molecule has 0 amide bonds. The van der Waals surface area contributed by atoms with Crippen molar-refractivity contribution in [2.45, 2.75) is 5.92 Å². The van der Waals surface area contributed by atoms with Gasteiger partial charge in [-0.15, -0.1) is 0 Å². The number of hydrogen-bond donors (Lipinski definition) is 0. The Bertz CT molecular complexity index is 422. The van der Waals surface area contributed by atoms with Crippen LogP contribution in [-0.2, 0) is 9.53 Å². The highest BCUT2D eigenvalue weighted by Crippen LogP contribution is 2.33. The first-order valence-electron chi connectivity index (χ1n) is 5.63. The van der Waals surface area contributed by atoms with Crippen molar-refractivity contribution < 1.29 is 9.53 Å². The lowest BCUT2D eigenvalue weighted by atomic mass is 9.89. The Morgan fingerprint density at radius 3 is 2.88 bits per heavy atom. The standard InChI is InChI=1S/C13H16ClNO2/c1-15-7-11(12(8-15)13(16)17-2)9-4-3-5-10(14)6-9/h3-6,11-12H,7-8H2,1-2H3/t11-,12+/m0/s1. The molecule has 1 aliphatic rings. The summed E-state index contributed by atoms with van der Waals surface area (Å²) in [5.41, 5.74) is 1.11. The van der Waals surface area contributed by atoms with Crippen LogP contribution in [0.3, 0.4) is 0 Å². The third-order valence-corrected chi connectivity index (χ3v) is 3.52. The summed E-state index contributed by atoms with van der Waals surface area (Å²) in [5.74, 6) is -0.0612. The topological polar surface area (TPSA) is 29.5 Å². The second-order valence-corrected chi connectivity index (χ2v) is 4.95. The van der Waals surface area contributed by atoms with Gasteiger partial charge < -0.3 is 9.64 Å². The van der Waals surface area contributed by atoms with Crippen molar-refractivity contribution >= 4 is 17.6 Å². The third kappa shape index (κ3) is 2.61. The molecule has 1 aromatic rings. The summed E-state index contributed by atoms with van der Waals surface area (Å²) < 4.78 is 4.87. The lowest BCUT2D eigenvalue weighted by Gasteiger charge is -2.16. The molecule has 0 saturated carbocycles. The van der Waals surface area contributed by atoms with Gasteiger partial charge in [-0.2, -0.15) is 0 Å². The van der Waals surface area contributed by atoms with Gasteiger partial charge in [0, 0.05) is 24.0 Å². The number of likely N-dealkylation sites (N-methyl/N-ethyl adjacent to an activating group) is 1. The summed E-state index contributed by atoms with van der Waals surface area (Å²) in [7, 11) is 3.45. The largest absolute Gasteiger partial charge is 0.469 e. The SMILES string of the molecule is COC(=O)[C@@H]1CN(C)C[C@H]1c1cccc(Cl)c1. The van der Waals surface area contributed by atoms with Crippen LogP contribution in [0.2, 0.25) is 5.02 Å². The Kier molecular flexibility index (Phi) is 3.69. The van der Waals surface area contributed by atoms with Crippen molar-refractivity contribution in [2.75, 3.05) is 27.2 Å². The molecule has 1 aromatic carbocycles. The number of rotatable bonds is 2. The van der Waals surface area contributed by atoms with Crippen molar-refractivity contribution in [3.63, 3.8) is 0 Å². The molecule has 4 heteroatoms. The minimum atomic E-state index is -0.140. The molecule has 0 N–H and O–H groups in total. The number of benzene rings is 1. The minimum Gasteiger partial charge on any atom is -0.469 e. The van der Waals surface area contributed by atoms with Crippen molar-refractivity contribution in [3.05, 3.63) is 34.9 Å². The summed E-state index contributed by atoms with van der Waals surface area (Å²) >= 11 is 5.99. The fourth-order valence-electron chi connectivity index (χ4n) is 2.47. The maximum atomic E-state index is 11.7. The first kappa shape index (κ1) is 12.4. The molecule has 1 heterocycles. The molecule has 0 aliphatic carbocycles. The van der Waals surface area contributed by atoms with Gasteiger partial charge in [-0.05, 0) is 24.7 Å². The highest BCUT2D eigenvalue weighted by molar-refractivity contribution is 6.30. The molecule has 17 heavy (non-hydrogen) atoms. The van der Waals surface area contributed by atoms with Gasteiger partial charge in [0.25, 0.3) is 0 Å². The maximum absolute atomic E-state index is 11.7. The fraction of sp³-hybridized carbons (Fsp3) is 0.462. The lowest BCUT2D eigenvalue weighted by Crippen LogP contribution is -2.23. The van der Waals surface area contributed by atoms with Crippen LogP contribution in [0, 0.1) is 5.92 Å². The van der Waals surface area contributed by atoms with Gasteiger partial charge in [0.1, 0.15) is 0 Å². The van der Waals surface area contributed by atoms with Crippen LogP contribution >= 0.6 is 11.6 Å². The van der Waals surface area contributed by atoms with E-state index in [0.29, 0.717) is 5.02 Å². The highest BCUT2D eigenvalue weighted by Gasteiger charge is 2.37. The molecule has 1 fully saturated rings. The minimum absolute atomic E-state index is 0.0940. The first-order chi connectivity index (χ1) is 8.11. The number of ether oxygens (including phenoxy) is 1. The van der Waals surface area contributed by atoms with Gasteiger partial charge >= 0.3 is 5.97 Å². The van der Waals surface area contributed by atoms with E-state index in [1.165, 1.54) is 7.11 Å². The van der Waals surface area contributed by atoms with Crippen LogP contribution in [0.1, 0.15) is 11.5 Å². The second-order valence-electron chi connectivity index (χ2n) is 4.51. The fourth-order valence-corrected chi connectivity index (χ4v) is 2.66. The molecule has 0 spiro atoms. The van der Waals surface area contributed by atoms with Crippen LogP contribution < -0.4 is 0 Å². The Morgan fingerprint density at radius 1 is 1.47 bits per heavy atom. The molecule has 1 saturated heterocycles. The number of nitrogens with zero attached hydrogens (tertiary/aromatic N) is 1. The Balaban J connectivity index is 2.26. The molecule has 0 aromatic heterocycles. The average Bonchev–Trinajstić information content (AvgIpc) is 2.70. The van der Waals surface area contributed by atoms with Gasteiger partial charge in [0.2, 0.25) is 0 Å². The normalized spacial score (nSPS) is 24.9. The lowest BCUT2D eigenvalue weighted by molar-refractivity contribution is -0.145. The molecule has 0 bridgehead atoms. The highest BCUT2D eigenvalue weighted by atomic mass is 35.5. The van der Waals surface area contributed by atoms with E-state index in [2.05, 4.69) is 4.90 Å². The van der Waals surface area contributed by atoms with E-state index in [1.807, 2.05) is 31.3 Å². The van der Waals surface area contributed by atoms with Gasteiger partial charge in [-0.25, -0.2) is 0 Å². The van der Waals surface area contributed by atoms with Crippen LogP contribution in [0.4, 0.5) is 0 Å². The molecule has 0 radical (unpaired) electrons. The van der Waals surface area contributed by atoms with Crippen molar-refractivity contribution in [2.24, 2.45) is 5.92 Å². The van der Waals surface area contributed by atoms with Crippen molar-refractivity contribution in [3.8, 4) is 0 Å². The Labute approximate surface area is 106 Å². The zero-order chi connectivity index (χ0) is 12.4. The summed E-state index contributed by atoms with van der Waals surface area (Å²) in [6, 6.07) is 7.72. The van der Waals surface area contributed by atoms with E-state index in [1.54, 1.807) is 0 Å². The number of esters is 1. The Morgan fingerprint density at radius 2 is 2.24 bits per heavy atom. The smallest absolute Gasteiger partial charge is 0.310 e. The molecular weight excluding hydrogens is 238 g/mol. The van der Waals surface area contributed by atoms with Crippen LogP contribution in [-0.4, -0.2) is 38.1 Å². The number of halogens is 1. The van der Waals surface area contributed by atoms with E-state index in [9.17, 15) is 4.79 Å². The molecule has 0 unspecified atom stereocenters. The number of carbonyl (C=O) groups is 1. The van der Waals surface area contributed by atoms with E-state index in [0.717, 1.165) is 18.7 Å². The van der Waals surface area contributed by atoms with Crippen molar-refractivity contribution in [1.29, 1.82) is 0 Å². The molecule has 1 aliphatic heterocycles. The summed E-state index contributed by atoms with van der Waals surface area (Å²) in [6.45, 7) is 1.60. The number of likely N-dealkylation sites (tertiary alicyclic amines) is 1. The van der Waals surface area contributed by atoms with Gasteiger partial charge in [-0.3, -0.25) is 4.79 Å². The summed E-state index contributed by atoms with van der Waals surface area (Å²) in [5, 5.41) is 0.709. The first-order valence-corrected chi connectivity index (χ1v) is 6.01. The molecule has 92 valence electrons. The molecule has 3 nitrogen and oxygen atoms in total. The van der Waals surface area contributed by atoms with E-state index in [4.69, 9.17) is 16.3 Å². The third-order valence-electron chi connectivity index (χ3n) is 3.28. The zero-order valence-corrected chi connectivity index (χ0v) is 10.8. The number of hydrogen-bond acceptors (Lipinski definition) is 3. The maximum Gasteiger partial charge on any atom is 0.310 e. The predicted octanol–water partition coefficient (Wildman–Crippen LogP) is 2.16. The van der Waals surface area contributed by atoms with Gasteiger partial charge in [0.05, 0.1) is 13.0 Å². The van der Waals surface area contributed by atoms with Gasteiger partial charge in [-0.1, -0.05) is 23.7 Å². The van der Waals surface area contributed by atoms with Gasteiger partial charge in [0.15, 0.2) is 0 Å². The zero-order valence-electron chi connectivity index (χ0n) is 10.0. The van der Waals surface area contributed by atoms with Crippen LogP contribution in [0.15, 0.2) is 24.3 Å². The van der Waals surface area contributed by atoms with E-state index < -0.39 is 0 Å². The quantitative estimate of drug-likeness (QED) is 0.757. The molecule has 2 atom stereocenters. The van der Waals surface area contributed by atoms with Crippen molar-refractivity contribution in [1.82, 2.24) is 4.90 Å². The monoisotopic (exact) mass is 253 g/mol. The van der Waals surface area contributed by atoms with Crippen LogP contribution in [0.25, 0.3) is 0 Å². The number of carbonyl (C=O) groups excluding carboxylic acids is 1. The van der Waals surface area contributed by atoms with E-state index >= 15 is 0 Å². The predicted molar refractivity (Wildman–Crippen MR) is 67.2 cm³/mol. The molecular formula is C13H16ClNO2. The Hall–Kier alpha value is -1.06.